The zero-order chi connectivity index (χ0) is 9.42. The van der Waals surface area contributed by atoms with Crippen LogP contribution in [0.3, 0.4) is 0 Å². The molecule has 0 atom stereocenters. The van der Waals surface area contributed by atoms with E-state index in [1.807, 2.05) is 0 Å². The Hall–Kier alpha value is -1.65. The maximum absolute atomic E-state index is 12.7. The van der Waals surface area contributed by atoms with Gasteiger partial charge >= 0.3 is 6.09 Å². The number of cyclic esters (lactones) is 1. The fourth-order valence-corrected chi connectivity index (χ4v) is 1.11. The van der Waals surface area contributed by atoms with Crippen molar-refractivity contribution in [2.45, 2.75) is 6.61 Å². The summed E-state index contributed by atoms with van der Waals surface area (Å²) in [6, 6.07) is 1.94. The summed E-state index contributed by atoms with van der Waals surface area (Å²) >= 11 is 0. The van der Waals surface area contributed by atoms with E-state index in [4.69, 9.17) is 0 Å². The second kappa shape index (κ2) is 2.69. The molecule has 1 amide bonds. The first kappa shape index (κ1) is 7.97. The van der Waals surface area contributed by atoms with Gasteiger partial charge in [-0.3, -0.25) is 5.32 Å². The van der Waals surface area contributed by atoms with Gasteiger partial charge in [-0.05, 0) is 6.07 Å². The van der Waals surface area contributed by atoms with Gasteiger partial charge in [-0.15, -0.1) is 0 Å². The molecule has 0 spiro atoms. The van der Waals surface area contributed by atoms with Crippen molar-refractivity contribution in [1.29, 1.82) is 0 Å². The van der Waals surface area contributed by atoms with Crippen molar-refractivity contribution in [2.75, 3.05) is 5.32 Å². The third-order valence-corrected chi connectivity index (χ3v) is 1.74. The number of anilines is 1. The van der Waals surface area contributed by atoms with E-state index >= 15 is 0 Å². The molecule has 0 saturated heterocycles. The Bertz CT molecular complexity index is 379. The second-order valence-electron chi connectivity index (χ2n) is 2.62. The second-order valence-corrected chi connectivity index (χ2v) is 2.62. The third kappa shape index (κ3) is 1.32. The molecule has 3 nitrogen and oxygen atoms in total. The first-order chi connectivity index (χ1) is 6.16. The number of hydrogen-bond donors (Lipinski definition) is 1. The van der Waals surface area contributed by atoms with Crippen LogP contribution < -0.4 is 5.32 Å². The standard InChI is InChI=1S/C8H5F2NO2/c9-5-1-4-3-13-8(12)11-7(4)2-6(5)10/h1-2H,3H2,(H,11,12). The Morgan fingerprint density at radius 3 is 2.77 bits per heavy atom. The van der Waals surface area contributed by atoms with E-state index in [0.29, 0.717) is 5.56 Å². The molecule has 0 unspecified atom stereocenters. The van der Waals surface area contributed by atoms with Gasteiger partial charge in [-0.25, -0.2) is 13.6 Å². The monoisotopic (exact) mass is 185 g/mol. The topological polar surface area (TPSA) is 38.3 Å². The Labute approximate surface area is 72.3 Å². The first-order valence-electron chi connectivity index (χ1n) is 3.58. The SMILES string of the molecule is O=C1Nc2cc(F)c(F)cc2CO1. The molecule has 1 N–H and O–H groups in total. The first-order valence-corrected chi connectivity index (χ1v) is 3.58. The summed E-state index contributed by atoms with van der Waals surface area (Å²) in [5.41, 5.74) is 0.689. The number of hydrogen-bond acceptors (Lipinski definition) is 2. The van der Waals surface area contributed by atoms with Crippen molar-refractivity contribution in [3.8, 4) is 0 Å². The molecule has 0 radical (unpaired) electrons. The zero-order valence-electron chi connectivity index (χ0n) is 6.43. The maximum atomic E-state index is 12.7. The number of carbonyl (C=O) groups is 1. The van der Waals surface area contributed by atoms with Gasteiger partial charge in [0, 0.05) is 11.6 Å². The lowest BCUT2D eigenvalue weighted by Crippen LogP contribution is -2.20. The number of halogens is 2. The van der Waals surface area contributed by atoms with Crippen LogP contribution in [-0.4, -0.2) is 6.09 Å². The predicted octanol–water partition coefficient (Wildman–Crippen LogP) is 2.03. The molecule has 0 saturated carbocycles. The minimum Gasteiger partial charge on any atom is -0.444 e. The molecule has 1 aliphatic rings. The Kier molecular flexibility index (Phi) is 1.65. The average molecular weight is 185 g/mol. The quantitative estimate of drug-likeness (QED) is 0.671. The molecule has 0 aromatic heterocycles. The van der Waals surface area contributed by atoms with Gasteiger partial charge < -0.3 is 4.74 Å². The number of nitrogens with one attached hydrogen (secondary N) is 1. The molecule has 1 heterocycles. The van der Waals surface area contributed by atoms with Crippen molar-refractivity contribution >= 4 is 11.8 Å². The van der Waals surface area contributed by atoms with E-state index in [1.54, 1.807) is 0 Å². The number of fused-ring (bicyclic) bond motifs is 1. The normalized spacial score (nSPS) is 14.5. The van der Waals surface area contributed by atoms with Crippen molar-refractivity contribution in [3.63, 3.8) is 0 Å². The highest BCUT2D eigenvalue weighted by molar-refractivity contribution is 5.87. The molecular formula is C8H5F2NO2. The number of carbonyl (C=O) groups excluding carboxylic acids is 1. The molecule has 0 fully saturated rings. The van der Waals surface area contributed by atoms with Gasteiger partial charge in [-0.2, -0.15) is 0 Å². The molecule has 1 aromatic carbocycles. The van der Waals surface area contributed by atoms with Gasteiger partial charge in [-0.1, -0.05) is 0 Å². The number of rotatable bonds is 0. The van der Waals surface area contributed by atoms with Crippen molar-refractivity contribution in [3.05, 3.63) is 29.3 Å². The molecule has 0 aliphatic carbocycles. The van der Waals surface area contributed by atoms with Crippen LogP contribution in [0.25, 0.3) is 0 Å². The lowest BCUT2D eigenvalue weighted by Gasteiger charge is -2.17. The van der Waals surface area contributed by atoms with Crippen LogP contribution in [0.2, 0.25) is 0 Å². The smallest absolute Gasteiger partial charge is 0.411 e. The molecule has 2 rings (SSSR count). The van der Waals surface area contributed by atoms with Crippen LogP contribution in [0.4, 0.5) is 19.3 Å². The van der Waals surface area contributed by atoms with Gasteiger partial charge in [0.1, 0.15) is 6.61 Å². The van der Waals surface area contributed by atoms with Crippen LogP contribution in [0.15, 0.2) is 12.1 Å². The van der Waals surface area contributed by atoms with Crippen LogP contribution in [-0.2, 0) is 11.3 Å². The van der Waals surface area contributed by atoms with Crippen LogP contribution in [0.5, 0.6) is 0 Å². The Balaban J connectivity index is 2.49. The van der Waals surface area contributed by atoms with Crippen LogP contribution in [0.1, 0.15) is 5.56 Å². The van der Waals surface area contributed by atoms with E-state index in [1.165, 1.54) is 0 Å². The van der Waals surface area contributed by atoms with E-state index in [9.17, 15) is 13.6 Å². The number of ether oxygens (including phenoxy) is 1. The molecule has 68 valence electrons. The third-order valence-electron chi connectivity index (χ3n) is 1.74. The highest BCUT2D eigenvalue weighted by atomic mass is 19.2. The lowest BCUT2D eigenvalue weighted by molar-refractivity contribution is 0.151. The van der Waals surface area contributed by atoms with Gasteiger partial charge in [0.15, 0.2) is 11.6 Å². The number of amides is 1. The lowest BCUT2D eigenvalue weighted by atomic mass is 10.1. The highest BCUT2D eigenvalue weighted by Crippen LogP contribution is 2.24. The summed E-state index contributed by atoms with van der Waals surface area (Å²) in [5.74, 6) is -1.93. The van der Waals surface area contributed by atoms with E-state index in [2.05, 4.69) is 10.1 Å². The minimum atomic E-state index is -0.985. The summed E-state index contributed by atoms with van der Waals surface area (Å²) in [6.07, 6.45) is -0.654. The van der Waals surface area contributed by atoms with E-state index in [-0.39, 0.29) is 12.3 Å². The van der Waals surface area contributed by atoms with Gasteiger partial charge in [0.2, 0.25) is 0 Å². The summed E-state index contributed by atoms with van der Waals surface area (Å²) in [6.45, 7) is -0.0294. The summed E-state index contributed by atoms with van der Waals surface area (Å²) in [7, 11) is 0. The molecule has 1 aliphatic heterocycles. The Morgan fingerprint density at radius 2 is 2.00 bits per heavy atom. The molecule has 5 heteroatoms. The fourth-order valence-electron chi connectivity index (χ4n) is 1.11. The van der Waals surface area contributed by atoms with Crippen molar-refractivity contribution in [1.82, 2.24) is 0 Å². The molecular weight excluding hydrogens is 180 g/mol. The predicted molar refractivity (Wildman–Crippen MR) is 40.2 cm³/mol. The maximum Gasteiger partial charge on any atom is 0.411 e. The van der Waals surface area contributed by atoms with Gasteiger partial charge in [0.25, 0.3) is 0 Å². The van der Waals surface area contributed by atoms with Gasteiger partial charge in [0.05, 0.1) is 5.69 Å². The average Bonchev–Trinajstić information content (AvgIpc) is 2.08. The fraction of sp³-hybridized carbons (Fsp3) is 0.125. The zero-order valence-corrected chi connectivity index (χ0v) is 6.43. The van der Waals surface area contributed by atoms with Crippen molar-refractivity contribution in [2.24, 2.45) is 0 Å². The minimum absolute atomic E-state index is 0.0294. The van der Waals surface area contributed by atoms with Crippen LogP contribution >= 0.6 is 0 Å². The van der Waals surface area contributed by atoms with E-state index < -0.39 is 17.7 Å². The van der Waals surface area contributed by atoms with E-state index in [0.717, 1.165) is 12.1 Å². The van der Waals surface area contributed by atoms with Crippen LogP contribution in [0, 0.1) is 11.6 Å². The molecule has 13 heavy (non-hydrogen) atoms. The largest absolute Gasteiger partial charge is 0.444 e. The Morgan fingerprint density at radius 1 is 1.31 bits per heavy atom. The molecule has 0 bridgehead atoms. The summed E-state index contributed by atoms with van der Waals surface area (Å²) < 4.78 is 29.9. The molecule has 1 aromatic rings. The highest BCUT2D eigenvalue weighted by Gasteiger charge is 2.18. The summed E-state index contributed by atoms with van der Waals surface area (Å²) in [4.78, 5) is 10.7. The summed E-state index contributed by atoms with van der Waals surface area (Å²) in [5, 5.41) is 2.26. The van der Waals surface area contributed by atoms with Crippen molar-refractivity contribution < 1.29 is 18.3 Å². The number of benzene rings is 1.